The van der Waals surface area contributed by atoms with Gasteiger partial charge in [-0.2, -0.15) is 13.2 Å². The molecule has 0 radical (unpaired) electrons. The summed E-state index contributed by atoms with van der Waals surface area (Å²) in [6.07, 6.45) is -3.50. The topological polar surface area (TPSA) is 113 Å². The summed E-state index contributed by atoms with van der Waals surface area (Å²) in [7, 11) is 0. The van der Waals surface area contributed by atoms with Gasteiger partial charge in [0.25, 0.3) is 11.2 Å². The minimum atomic E-state index is -5.01. The number of nitro groups is 1. The zero-order valence-electron chi connectivity index (χ0n) is 22.7. The monoisotopic (exact) mass is 643 g/mol. The van der Waals surface area contributed by atoms with E-state index in [1.165, 1.54) is 49.4 Å². The van der Waals surface area contributed by atoms with Crippen molar-refractivity contribution < 1.29 is 32.4 Å². The predicted octanol–water partition coefficient (Wildman–Crippen LogP) is 5.48. The van der Waals surface area contributed by atoms with Crippen LogP contribution in [0.5, 0.6) is 5.75 Å². The fraction of sp³-hybridized carbons (Fsp3) is 0.167. The molecule has 1 atom stereocenters. The van der Waals surface area contributed by atoms with Crippen molar-refractivity contribution in [3.8, 4) is 5.75 Å². The number of esters is 1. The molecule has 1 aromatic heterocycles. The lowest BCUT2D eigenvalue weighted by molar-refractivity contribution is -0.384. The molecular weight excluding hydrogens is 623 g/mol. The number of hydrogen-bond donors (Lipinski definition) is 0. The van der Waals surface area contributed by atoms with Crippen LogP contribution in [0, 0.1) is 10.1 Å². The van der Waals surface area contributed by atoms with Gasteiger partial charge in [-0.15, -0.1) is 0 Å². The van der Waals surface area contributed by atoms with Crippen LogP contribution in [0.1, 0.15) is 29.7 Å². The van der Waals surface area contributed by atoms with Gasteiger partial charge in [-0.25, -0.2) is 9.79 Å². The molecule has 1 aliphatic rings. The molecule has 0 saturated carbocycles. The Morgan fingerprint density at radius 1 is 1.09 bits per heavy atom. The van der Waals surface area contributed by atoms with Crippen LogP contribution in [0.25, 0.3) is 6.08 Å². The van der Waals surface area contributed by atoms with E-state index in [2.05, 4.69) is 4.99 Å². The number of ether oxygens (including phenoxy) is 2. The Hall–Kier alpha value is -4.75. The third kappa shape index (κ3) is 6.43. The third-order valence-corrected chi connectivity index (χ3v) is 7.75. The van der Waals surface area contributed by atoms with Gasteiger partial charge in [-0.1, -0.05) is 47.2 Å². The molecule has 4 aromatic rings. The van der Waals surface area contributed by atoms with Crippen LogP contribution < -0.4 is 19.6 Å². The number of nitro benzene ring substituents is 1. The van der Waals surface area contributed by atoms with Gasteiger partial charge in [0.05, 0.1) is 27.7 Å². The Labute approximate surface area is 255 Å². The van der Waals surface area contributed by atoms with E-state index in [0.717, 1.165) is 21.5 Å². The molecule has 1 aliphatic heterocycles. The molecule has 14 heteroatoms. The van der Waals surface area contributed by atoms with Crippen LogP contribution in [0.15, 0.2) is 93.9 Å². The number of carbonyl (C=O) groups is 1. The number of carbonyl (C=O) groups excluding carboxylic acids is 1. The van der Waals surface area contributed by atoms with E-state index in [1.54, 1.807) is 36.4 Å². The number of alkyl halides is 3. The van der Waals surface area contributed by atoms with E-state index >= 15 is 0 Å². The number of non-ortho nitro benzene ring substituents is 1. The average Bonchev–Trinajstić information content (AvgIpc) is 3.30. The second-order valence-electron chi connectivity index (χ2n) is 9.40. The Balaban J connectivity index is 1.51. The largest absolute Gasteiger partial charge is 0.489 e. The number of rotatable bonds is 8. The molecular formula is C30H21ClF3N3O6S. The first-order valence-electron chi connectivity index (χ1n) is 13.0. The van der Waals surface area contributed by atoms with Gasteiger partial charge < -0.3 is 9.47 Å². The highest BCUT2D eigenvalue weighted by Crippen LogP contribution is 2.38. The van der Waals surface area contributed by atoms with Crippen molar-refractivity contribution in [2.45, 2.75) is 25.7 Å². The fourth-order valence-electron chi connectivity index (χ4n) is 4.49. The second-order valence-corrected chi connectivity index (χ2v) is 10.8. The van der Waals surface area contributed by atoms with Crippen LogP contribution in [0.3, 0.4) is 0 Å². The number of halogens is 4. The van der Waals surface area contributed by atoms with Crippen LogP contribution in [-0.2, 0) is 16.1 Å². The summed E-state index contributed by atoms with van der Waals surface area (Å²) in [6, 6.07) is 16.9. The summed E-state index contributed by atoms with van der Waals surface area (Å²) in [4.78, 5) is 40.4. The van der Waals surface area contributed by atoms with Crippen molar-refractivity contribution in [2.75, 3.05) is 6.61 Å². The summed E-state index contributed by atoms with van der Waals surface area (Å²) < 4.78 is 54.6. The van der Waals surface area contributed by atoms with Crippen LogP contribution in [-0.4, -0.2) is 28.2 Å². The van der Waals surface area contributed by atoms with Crippen molar-refractivity contribution in [2.24, 2.45) is 4.99 Å². The lowest BCUT2D eigenvalue weighted by atomic mass is 9.95. The molecule has 9 nitrogen and oxygen atoms in total. The minimum absolute atomic E-state index is 0.0328. The SMILES string of the molecule is CCOC(=O)C1=C(C(F)(F)F)N=c2s/c(=C\c3ccc(OCc4ccc([N+](=O)[O-])cc4)cc3)c(=O)n2[C@H]1c1ccc(Cl)cc1. The quantitative estimate of drug-likeness (QED) is 0.143. The Bertz CT molecular complexity index is 1930. The van der Waals surface area contributed by atoms with Crippen LogP contribution in [0.2, 0.25) is 5.02 Å². The Kier molecular flexibility index (Phi) is 8.70. The van der Waals surface area contributed by atoms with Gasteiger partial charge in [-0.05, 0) is 66.1 Å². The van der Waals surface area contributed by atoms with Gasteiger partial charge in [0.15, 0.2) is 10.5 Å². The van der Waals surface area contributed by atoms with E-state index in [9.17, 15) is 32.9 Å². The zero-order chi connectivity index (χ0) is 31.6. The van der Waals surface area contributed by atoms with Crippen molar-refractivity contribution >= 4 is 40.7 Å². The molecule has 0 N–H and O–H groups in total. The maximum Gasteiger partial charge on any atom is 0.434 e. The summed E-state index contributed by atoms with van der Waals surface area (Å²) in [5.74, 6) is -0.749. The second kappa shape index (κ2) is 12.5. The number of fused-ring (bicyclic) bond motifs is 1. The molecule has 2 heterocycles. The number of nitrogens with zero attached hydrogens (tertiary/aromatic N) is 3. The summed E-state index contributed by atoms with van der Waals surface area (Å²) >= 11 is 6.76. The van der Waals surface area contributed by atoms with E-state index in [0.29, 0.717) is 16.3 Å². The first-order chi connectivity index (χ1) is 21.0. The lowest BCUT2D eigenvalue weighted by Gasteiger charge is -2.26. The maximum absolute atomic E-state index is 14.2. The van der Waals surface area contributed by atoms with Gasteiger partial charge in [-0.3, -0.25) is 19.5 Å². The lowest BCUT2D eigenvalue weighted by Crippen LogP contribution is -2.41. The summed E-state index contributed by atoms with van der Waals surface area (Å²) in [5.41, 5.74) is -1.41. The average molecular weight is 644 g/mol. The zero-order valence-corrected chi connectivity index (χ0v) is 24.3. The molecule has 3 aromatic carbocycles. The number of thiazole rings is 1. The van der Waals surface area contributed by atoms with Crippen molar-refractivity contribution in [3.63, 3.8) is 0 Å². The highest BCUT2D eigenvalue weighted by atomic mass is 35.5. The molecule has 0 amide bonds. The number of hydrogen-bond acceptors (Lipinski definition) is 8. The molecule has 5 rings (SSSR count). The standard InChI is InChI=1S/C30H21ClF3N3O6S/c1-2-42-28(39)24-25(19-7-9-20(31)10-8-19)36-27(38)23(44-29(36)35-26(24)30(32,33)34)15-17-5-13-22(14-6-17)43-16-18-3-11-21(12-4-18)37(40)41/h3-15,25H,2,16H2,1H3/b23-15-/t25-/m0/s1. The normalized spacial score (nSPS) is 15.0. The predicted molar refractivity (Wildman–Crippen MR) is 156 cm³/mol. The van der Waals surface area contributed by atoms with Gasteiger partial charge >= 0.3 is 12.1 Å². The van der Waals surface area contributed by atoms with E-state index in [4.69, 9.17) is 21.1 Å². The molecule has 0 saturated heterocycles. The van der Waals surface area contributed by atoms with Crippen molar-refractivity contribution in [3.05, 3.63) is 136 Å². The highest BCUT2D eigenvalue weighted by Gasteiger charge is 2.45. The molecule has 0 fully saturated rings. The van der Waals surface area contributed by atoms with E-state index in [-0.39, 0.29) is 33.8 Å². The maximum atomic E-state index is 14.2. The molecule has 0 aliphatic carbocycles. The van der Waals surface area contributed by atoms with Gasteiger partial charge in [0.2, 0.25) is 0 Å². The molecule has 0 spiro atoms. The third-order valence-electron chi connectivity index (χ3n) is 6.51. The summed E-state index contributed by atoms with van der Waals surface area (Å²) in [5, 5.41) is 11.1. The molecule has 226 valence electrons. The van der Waals surface area contributed by atoms with Gasteiger partial charge in [0.1, 0.15) is 12.4 Å². The number of allylic oxidation sites excluding steroid dienone is 1. The highest BCUT2D eigenvalue weighted by molar-refractivity contribution is 7.07. The van der Waals surface area contributed by atoms with Crippen LogP contribution in [0.4, 0.5) is 18.9 Å². The fourth-order valence-corrected chi connectivity index (χ4v) is 5.62. The molecule has 0 bridgehead atoms. The number of aromatic nitrogens is 1. The van der Waals surface area contributed by atoms with E-state index < -0.39 is 39.9 Å². The Morgan fingerprint density at radius 3 is 2.34 bits per heavy atom. The minimum Gasteiger partial charge on any atom is -0.489 e. The molecule has 44 heavy (non-hydrogen) atoms. The smallest absolute Gasteiger partial charge is 0.434 e. The Morgan fingerprint density at radius 2 is 1.75 bits per heavy atom. The first kappa shape index (κ1) is 30.7. The first-order valence-corrected chi connectivity index (χ1v) is 14.2. The number of benzene rings is 3. The van der Waals surface area contributed by atoms with Gasteiger partial charge in [0, 0.05) is 17.2 Å². The van der Waals surface area contributed by atoms with Crippen molar-refractivity contribution in [1.82, 2.24) is 4.57 Å². The van der Waals surface area contributed by atoms with Crippen molar-refractivity contribution in [1.29, 1.82) is 0 Å². The summed E-state index contributed by atoms with van der Waals surface area (Å²) in [6.45, 7) is 1.44. The molecule has 0 unspecified atom stereocenters. The van der Waals surface area contributed by atoms with E-state index in [1.807, 2.05) is 0 Å². The van der Waals surface area contributed by atoms with Crippen LogP contribution >= 0.6 is 22.9 Å².